The standard InChI is InChI=1S/C22H27N3O2/c1-23-22(25-11-10-19(16-25)18-6-3-2-4-7-18)24-15-17-8-9-20-21(14-17)27-13-5-12-26-20/h2-4,6-9,14,19H,5,10-13,15-16H2,1H3,(H,23,24). The molecule has 0 spiro atoms. The maximum atomic E-state index is 5.79. The Bertz CT molecular complexity index is 791. The molecule has 1 fully saturated rings. The molecule has 0 amide bonds. The Hall–Kier alpha value is -2.69. The molecule has 0 saturated carbocycles. The van der Waals surface area contributed by atoms with Gasteiger partial charge in [0.1, 0.15) is 0 Å². The molecule has 0 aromatic heterocycles. The molecule has 1 unspecified atom stereocenters. The number of rotatable bonds is 3. The summed E-state index contributed by atoms with van der Waals surface area (Å²) in [5.41, 5.74) is 2.58. The van der Waals surface area contributed by atoms with E-state index in [-0.39, 0.29) is 0 Å². The van der Waals surface area contributed by atoms with Crippen LogP contribution in [-0.2, 0) is 6.54 Å². The summed E-state index contributed by atoms with van der Waals surface area (Å²) in [5.74, 6) is 3.21. The zero-order chi connectivity index (χ0) is 18.5. The zero-order valence-electron chi connectivity index (χ0n) is 15.9. The zero-order valence-corrected chi connectivity index (χ0v) is 15.9. The van der Waals surface area contributed by atoms with E-state index in [1.54, 1.807) is 0 Å². The first-order valence-electron chi connectivity index (χ1n) is 9.72. The Balaban J connectivity index is 1.37. The summed E-state index contributed by atoms with van der Waals surface area (Å²) in [5, 5.41) is 3.50. The Morgan fingerprint density at radius 2 is 1.93 bits per heavy atom. The minimum atomic E-state index is 0.572. The van der Waals surface area contributed by atoms with Crippen LogP contribution >= 0.6 is 0 Å². The number of hydrogen-bond donors (Lipinski definition) is 1. The lowest BCUT2D eigenvalue weighted by Crippen LogP contribution is -2.39. The van der Waals surface area contributed by atoms with E-state index in [0.717, 1.165) is 56.5 Å². The summed E-state index contributed by atoms with van der Waals surface area (Å²) in [6.07, 6.45) is 2.08. The van der Waals surface area contributed by atoms with Crippen molar-refractivity contribution in [2.75, 3.05) is 33.4 Å². The van der Waals surface area contributed by atoms with E-state index in [0.29, 0.717) is 12.5 Å². The average molecular weight is 365 g/mol. The number of benzene rings is 2. The van der Waals surface area contributed by atoms with Gasteiger partial charge in [0.2, 0.25) is 0 Å². The predicted molar refractivity (Wildman–Crippen MR) is 108 cm³/mol. The lowest BCUT2D eigenvalue weighted by molar-refractivity contribution is 0.297. The molecule has 1 saturated heterocycles. The van der Waals surface area contributed by atoms with Crippen LogP contribution in [0.5, 0.6) is 11.5 Å². The first-order valence-corrected chi connectivity index (χ1v) is 9.72. The fraction of sp³-hybridized carbons (Fsp3) is 0.409. The second-order valence-electron chi connectivity index (χ2n) is 7.07. The van der Waals surface area contributed by atoms with E-state index in [1.165, 1.54) is 11.1 Å². The van der Waals surface area contributed by atoms with Gasteiger partial charge < -0.3 is 19.7 Å². The van der Waals surface area contributed by atoms with Crippen molar-refractivity contribution in [2.24, 2.45) is 4.99 Å². The Labute approximate surface area is 161 Å². The molecule has 2 aliphatic rings. The first kappa shape index (κ1) is 17.7. The minimum Gasteiger partial charge on any atom is -0.490 e. The van der Waals surface area contributed by atoms with Crippen molar-refractivity contribution >= 4 is 5.96 Å². The molecule has 27 heavy (non-hydrogen) atoms. The Kier molecular flexibility index (Phi) is 5.47. The van der Waals surface area contributed by atoms with Crippen molar-refractivity contribution in [1.82, 2.24) is 10.2 Å². The van der Waals surface area contributed by atoms with Gasteiger partial charge in [-0.15, -0.1) is 0 Å². The van der Waals surface area contributed by atoms with Crippen LogP contribution in [0.15, 0.2) is 53.5 Å². The third kappa shape index (κ3) is 4.18. The average Bonchev–Trinajstić information content (AvgIpc) is 3.08. The summed E-state index contributed by atoms with van der Waals surface area (Å²) >= 11 is 0. The van der Waals surface area contributed by atoms with Gasteiger partial charge in [-0.2, -0.15) is 0 Å². The van der Waals surface area contributed by atoms with Crippen molar-refractivity contribution in [3.8, 4) is 11.5 Å². The van der Waals surface area contributed by atoms with Crippen molar-refractivity contribution in [3.63, 3.8) is 0 Å². The van der Waals surface area contributed by atoms with Crippen molar-refractivity contribution in [3.05, 3.63) is 59.7 Å². The maximum absolute atomic E-state index is 5.79. The monoisotopic (exact) mass is 365 g/mol. The SMILES string of the molecule is CN=C(NCc1ccc2c(c1)OCCCO2)N1CCC(c2ccccc2)C1. The van der Waals surface area contributed by atoms with E-state index >= 15 is 0 Å². The number of aliphatic imine (C=N–C) groups is 1. The molecule has 0 radical (unpaired) electrons. The highest BCUT2D eigenvalue weighted by atomic mass is 16.5. The molecule has 2 aromatic rings. The highest BCUT2D eigenvalue weighted by molar-refractivity contribution is 5.80. The summed E-state index contributed by atoms with van der Waals surface area (Å²) in [6, 6.07) is 16.9. The normalized spacial score (nSPS) is 19.7. The smallest absolute Gasteiger partial charge is 0.193 e. The quantitative estimate of drug-likeness (QED) is 0.669. The van der Waals surface area contributed by atoms with Crippen LogP contribution in [0.3, 0.4) is 0 Å². The number of ether oxygens (including phenoxy) is 2. The molecule has 1 N–H and O–H groups in total. The van der Waals surface area contributed by atoms with E-state index in [9.17, 15) is 0 Å². The lowest BCUT2D eigenvalue weighted by Gasteiger charge is -2.22. The van der Waals surface area contributed by atoms with E-state index in [2.05, 4.69) is 57.7 Å². The molecule has 0 bridgehead atoms. The molecule has 1 atom stereocenters. The molecule has 0 aliphatic carbocycles. The van der Waals surface area contributed by atoms with Crippen molar-refractivity contribution < 1.29 is 9.47 Å². The van der Waals surface area contributed by atoms with Gasteiger partial charge in [0, 0.05) is 39.0 Å². The number of nitrogens with zero attached hydrogens (tertiary/aromatic N) is 2. The fourth-order valence-corrected chi connectivity index (χ4v) is 3.78. The molecule has 2 heterocycles. The van der Waals surface area contributed by atoms with Gasteiger partial charge in [-0.3, -0.25) is 4.99 Å². The summed E-state index contributed by atoms with van der Waals surface area (Å²) < 4.78 is 11.5. The van der Waals surface area contributed by atoms with E-state index in [4.69, 9.17) is 9.47 Å². The van der Waals surface area contributed by atoms with Crippen molar-refractivity contribution in [2.45, 2.75) is 25.3 Å². The van der Waals surface area contributed by atoms with Gasteiger partial charge in [0.05, 0.1) is 13.2 Å². The van der Waals surface area contributed by atoms with Gasteiger partial charge in [0.15, 0.2) is 17.5 Å². The van der Waals surface area contributed by atoms with Crippen LogP contribution in [0.25, 0.3) is 0 Å². The largest absolute Gasteiger partial charge is 0.490 e. The molecule has 2 aliphatic heterocycles. The van der Waals surface area contributed by atoms with E-state index in [1.807, 2.05) is 13.1 Å². The topological polar surface area (TPSA) is 46.1 Å². The minimum absolute atomic E-state index is 0.572. The highest BCUT2D eigenvalue weighted by Gasteiger charge is 2.25. The van der Waals surface area contributed by atoms with Crippen LogP contribution in [-0.4, -0.2) is 44.2 Å². The number of likely N-dealkylation sites (tertiary alicyclic amines) is 1. The predicted octanol–water partition coefficient (Wildman–Crippen LogP) is 3.41. The number of guanidine groups is 1. The van der Waals surface area contributed by atoms with Crippen LogP contribution in [0.2, 0.25) is 0 Å². The van der Waals surface area contributed by atoms with Gasteiger partial charge in [-0.05, 0) is 29.7 Å². The van der Waals surface area contributed by atoms with Crippen molar-refractivity contribution in [1.29, 1.82) is 0 Å². The van der Waals surface area contributed by atoms with E-state index < -0.39 is 0 Å². The first-order chi connectivity index (χ1) is 13.3. The lowest BCUT2D eigenvalue weighted by atomic mass is 9.99. The summed E-state index contributed by atoms with van der Waals surface area (Å²) in [7, 11) is 1.85. The molecule has 5 heteroatoms. The second-order valence-corrected chi connectivity index (χ2v) is 7.07. The number of hydrogen-bond acceptors (Lipinski definition) is 3. The molecular formula is C22H27N3O2. The maximum Gasteiger partial charge on any atom is 0.193 e. The summed E-state index contributed by atoms with van der Waals surface area (Å²) in [4.78, 5) is 6.84. The third-order valence-corrected chi connectivity index (χ3v) is 5.23. The van der Waals surface area contributed by atoms with Crippen LogP contribution in [0.4, 0.5) is 0 Å². The Morgan fingerprint density at radius 1 is 1.11 bits per heavy atom. The second kappa shape index (κ2) is 8.33. The van der Waals surface area contributed by atoms with Crippen LogP contribution in [0.1, 0.15) is 29.9 Å². The Morgan fingerprint density at radius 3 is 2.74 bits per heavy atom. The van der Waals surface area contributed by atoms with Gasteiger partial charge >= 0.3 is 0 Å². The van der Waals surface area contributed by atoms with Crippen LogP contribution < -0.4 is 14.8 Å². The van der Waals surface area contributed by atoms with Gasteiger partial charge in [0.25, 0.3) is 0 Å². The number of nitrogens with one attached hydrogen (secondary N) is 1. The molecule has 2 aromatic carbocycles. The molecule has 5 nitrogen and oxygen atoms in total. The fourth-order valence-electron chi connectivity index (χ4n) is 3.78. The molecular weight excluding hydrogens is 338 g/mol. The summed E-state index contributed by atoms with van der Waals surface area (Å²) in [6.45, 7) is 4.18. The number of fused-ring (bicyclic) bond motifs is 1. The van der Waals surface area contributed by atoms with Gasteiger partial charge in [-0.1, -0.05) is 36.4 Å². The molecule has 142 valence electrons. The van der Waals surface area contributed by atoms with Crippen LogP contribution in [0, 0.1) is 0 Å². The highest BCUT2D eigenvalue weighted by Crippen LogP contribution is 2.30. The molecule has 4 rings (SSSR count). The van der Waals surface area contributed by atoms with Gasteiger partial charge in [-0.25, -0.2) is 0 Å². The third-order valence-electron chi connectivity index (χ3n) is 5.23.